The third-order valence-corrected chi connectivity index (χ3v) is 3.52. The number of aryl methyl sites for hydroxylation is 1. The maximum atomic E-state index is 12.3. The number of pyridine rings is 1. The molecule has 0 atom stereocenters. The minimum Gasteiger partial charge on any atom is -0.464 e. The van der Waals surface area contributed by atoms with E-state index in [0.717, 1.165) is 5.56 Å². The average molecular weight is 309 g/mol. The molecule has 2 N–H and O–H groups in total. The van der Waals surface area contributed by atoms with E-state index in [1.165, 1.54) is 13.3 Å². The molecule has 0 radical (unpaired) electrons. The van der Waals surface area contributed by atoms with E-state index in [1.54, 1.807) is 18.2 Å². The number of amides is 1. The molecule has 2 heterocycles. The number of rotatable bonds is 3. The second-order valence-electron chi connectivity index (χ2n) is 5.11. The summed E-state index contributed by atoms with van der Waals surface area (Å²) in [4.78, 5) is 30.9. The van der Waals surface area contributed by atoms with Crippen molar-refractivity contribution in [2.24, 2.45) is 0 Å². The Kier molecular flexibility index (Phi) is 3.80. The van der Waals surface area contributed by atoms with E-state index in [9.17, 15) is 9.59 Å². The summed E-state index contributed by atoms with van der Waals surface area (Å²) < 4.78 is 4.66. The molecule has 0 aliphatic heterocycles. The molecule has 0 spiro atoms. The maximum absolute atomic E-state index is 12.3. The van der Waals surface area contributed by atoms with Crippen LogP contribution in [-0.4, -0.2) is 29.0 Å². The second-order valence-corrected chi connectivity index (χ2v) is 5.11. The number of aromatic nitrogens is 2. The van der Waals surface area contributed by atoms with Crippen LogP contribution in [0.25, 0.3) is 11.0 Å². The van der Waals surface area contributed by atoms with Crippen molar-refractivity contribution in [2.45, 2.75) is 6.92 Å². The Balaban J connectivity index is 1.87. The van der Waals surface area contributed by atoms with Crippen LogP contribution in [0.15, 0.2) is 42.6 Å². The molecular weight excluding hydrogens is 294 g/mol. The molecule has 0 fully saturated rings. The smallest absolute Gasteiger partial charge is 0.354 e. The van der Waals surface area contributed by atoms with E-state index < -0.39 is 5.97 Å². The highest BCUT2D eigenvalue weighted by Gasteiger charge is 2.12. The van der Waals surface area contributed by atoms with Crippen molar-refractivity contribution in [3.63, 3.8) is 0 Å². The van der Waals surface area contributed by atoms with Crippen LogP contribution in [-0.2, 0) is 4.74 Å². The molecule has 0 aliphatic carbocycles. The standard InChI is InChI=1S/C17H15N3O3/c1-10-5-3-4-6-13(10)16(21)19-12-7-11-8-14(17(22)23-2)20-15(11)18-9-12/h3-9H,1-2H3,(H,18,20)(H,19,21). The number of carbonyl (C=O) groups excluding carboxylic acids is 2. The fourth-order valence-electron chi connectivity index (χ4n) is 2.33. The number of ether oxygens (including phenoxy) is 1. The van der Waals surface area contributed by atoms with Gasteiger partial charge in [0.25, 0.3) is 5.91 Å². The SMILES string of the molecule is COC(=O)c1cc2cc(NC(=O)c3ccccc3C)cnc2[nH]1. The Morgan fingerprint density at radius 2 is 2.00 bits per heavy atom. The van der Waals surface area contributed by atoms with Crippen LogP contribution in [0.1, 0.15) is 26.4 Å². The summed E-state index contributed by atoms with van der Waals surface area (Å²) in [5.41, 5.74) is 2.93. The lowest BCUT2D eigenvalue weighted by Gasteiger charge is -2.07. The molecule has 23 heavy (non-hydrogen) atoms. The Morgan fingerprint density at radius 1 is 1.22 bits per heavy atom. The average Bonchev–Trinajstić information content (AvgIpc) is 2.97. The van der Waals surface area contributed by atoms with Gasteiger partial charge in [-0.1, -0.05) is 18.2 Å². The molecule has 2 aromatic heterocycles. The number of nitrogens with one attached hydrogen (secondary N) is 2. The number of anilines is 1. The van der Waals surface area contributed by atoms with Gasteiger partial charge in [0, 0.05) is 10.9 Å². The molecule has 0 unspecified atom stereocenters. The minimum absolute atomic E-state index is 0.201. The number of methoxy groups -OCH3 is 1. The number of aromatic amines is 1. The normalized spacial score (nSPS) is 10.5. The van der Waals surface area contributed by atoms with E-state index in [2.05, 4.69) is 20.0 Å². The number of fused-ring (bicyclic) bond motifs is 1. The highest BCUT2D eigenvalue weighted by molar-refractivity contribution is 6.06. The van der Waals surface area contributed by atoms with Crippen molar-refractivity contribution in [1.29, 1.82) is 0 Å². The fourth-order valence-corrected chi connectivity index (χ4v) is 2.33. The molecular formula is C17H15N3O3. The number of hydrogen-bond donors (Lipinski definition) is 2. The summed E-state index contributed by atoms with van der Waals surface area (Å²) in [5, 5.41) is 3.53. The molecule has 0 bridgehead atoms. The molecule has 1 amide bonds. The molecule has 1 aromatic carbocycles. The first-order valence-corrected chi connectivity index (χ1v) is 7.02. The van der Waals surface area contributed by atoms with Gasteiger partial charge in [0.1, 0.15) is 11.3 Å². The lowest BCUT2D eigenvalue weighted by atomic mass is 10.1. The summed E-state index contributed by atoms with van der Waals surface area (Å²) in [6.45, 7) is 1.88. The van der Waals surface area contributed by atoms with Gasteiger partial charge >= 0.3 is 5.97 Å². The number of hydrogen-bond acceptors (Lipinski definition) is 4. The minimum atomic E-state index is -0.464. The number of H-pyrrole nitrogens is 1. The van der Waals surface area contributed by atoms with Crippen LogP contribution in [0.2, 0.25) is 0 Å². The predicted molar refractivity (Wildman–Crippen MR) is 86.6 cm³/mol. The van der Waals surface area contributed by atoms with E-state index in [4.69, 9.17) is 0 Å². The van der Waals surface area contributed by atoms with Crippen molar-refractivity contribution in [1.82, 2.24) is 9.97 Å². The zero-order valence-electron chi connectivity index (χ0n) is 12.7. The Hall–Kier alpha value is -3.15. The van der Waals surface area contributed by atoms with Crippen LogP contribution in [0.3, 0.4) is 0 Å². The maximum Gasteiger partial charge on any atom is 0.354 e. The quantitative estimate of drug-likeness (QED) is 0.729. The highest BCUT2D eigenvalue weighted by Crippen LogP contribution is 2.19. The van der Waals surface area contributed by atoms with E-state index >= 15 is 0 Å². The fraction of sp³-hybridized carbons (Fsp3) is 0.118. The van der Waals surface area contributed by atoms with Gasteiger partial charge in [-0.3, -0.25) is 4.79 Å². The van der Waals surface area contributed by atoms with Crippen molar-refractivity contribution < 1.29 is 14.3 Å². The van der Waals surface area contributed by atoms with Gasteiger partial charge in [0.15, 0.2) is 0 Å². The van der Waals surface area contributed by atoms with Crippen LogP contribution >= 0.6 is 0 Å². The first-order valence-electron chi connectivity index (χ1n) is 7.02. The number of nitrogens with zero attached hydrogens (tertiary/aromatic N) is 1. The Bertz CT molecular complexity index is 899. The zero-order chi connectivity index (χ0) is 16.4. The first-order chi connectivity index (χ1) is 11.1. The topological polar surface area (TPSA) is 84.1 Å². The third kappa shape index (κ3) is 2.91. The first kappa shape index (κ1) is 14.8. The van der Waals surface area contributed by atoms with Gasteiger partial charge in [0.05, 0.1) is 19.0 Å². The van der Waals surface area contributed by atoms with Crippen LogP contribution < -0.4 is 5.32 Å². The molecule has 3 aromatic rings. The van der Waals surface area contributed by atoms with Crippen molar-refractivity contribution in [3.05, 3.63) is 59.4 Å². The predicted octanol–water partition coefficient (Wildman–Crippen LogP) is 2.91. The van der Waals surface area contributed by atoms with E-state index in [-0.39, 0.29) is 5.91 Å². The Morgan fingerprint density at radius 3 is 2.74 bits per heavy atom. The number of carbonyl (C=O) groups is 2. The molecule has 0 aliphatic rings. The molecule has 116 valence electrons. The lowest BCUT2D eigenvalue weighted by molar-refractivity contribution is 0.0595. The van der Waals surface area contributed by atoms with Crippen molar-refractivity contribution in [3.8, 4) is 0 Å². The Labute approximate surface area is 132 Å². The van der Waals surface area contributed by atoms with Crippen LogP contribution in [0.4, 0.5) is 5.69 Å². The van der Waals surface area contributed by atoms with Crippen LogP contribution in [0, 0.1) is 6.92 Å². The summed E-state index contributed by atoms with van der Waals surface area (Å²) in [6, 6.07) is 10.7. The monoisotopic (exact) mass is 309 g/mol. The number of benzene rings is 1. The van der Waals surface area contributed by atoms with Gasteiger partial charge in [-0.25, -0.2) is 9.78 Å². The summed E-state index contributed by atoms with van der Waals surface area (Å²) in [5.74, 6) is -0.665. The molecule has 3 rings (SSSR count). The van der Waals surface area contributed by atoms with Crippen molar-refractivity contribution >= 4 is 28.6 Å². The molecule has 6 nitrogen and oxygen atoms in total. The molecule has 0 saturated carbocycles. The van der Waals surface area contributed by atoms with Gasteiger partial charge in [-0.2, -0.15) is 0 Å². The zero-order valence-corrected chi connectivity index (χ0v) is 12.7. The molecule has 0 saturated heterocycles. The van der Waals surface area contributed by atoms with E-state index in [1.807, 2.05) is 25.1 Å². The summed E-state index contributed by atoms with van der Waals surface area (Å²) in [6.07, 6.45) is 1.54. The van der Waals surface area contributed by atoms with Crippen molar-refractivity contribution in [2.75, 3.05) is 12.4 Å². The number of esters is 1. The highest BCUT2D eigenvalue weighted by atomic mass is 16.5. The molecule has 6 heteroatoms. The van der Waals surface area contributed by atoms with Gasteiger partial charge < -0.3 is 15.0 Å². The summed E-state index contributed by atoms with van der Waals surface area (Å²) in [7, 11) is 1.31. The van der Waals surface area contributed by atoms with Gasteiger partial charge in [0.2, 0.25) is 0 Å². The van der Waals surface area contributed by atoms with Gasteiger partial charge in [-0.15, -0.1) is 0 Å². The largest absolute Gasteiger partial charge is 0.464 e. The summed E-state index contributed by atoms with van der Waals surface area (Å²) >= 11 is 0. The lowest BCUT2D eigenvalue weighted by Crippen LogP contribution is -2.13. The van der Waals surface area contributed by atoms with Crippen LogP contribution in [0.5, 0.6) is 0 Å². The third-order valence-electron chi connectivity index (χ3n) is 3.52. The van der Waals surface area contributed by atoms with E-state index in [0.29, 0.717) is 28.0 Å². The second kappa shape index (κ2) is 5.92. The van der Waals surface area contributed by atoms with Gasteiger partial charge in [-0.05, 0) is 30.7 Å².